The van der Waals surface area contributed by atoms with Crippen LogP contribution in [-0.4, -0.2) is 30.0 Å². The van der Waals surface area contributed by atoms with Crippen LogP contribution in [0.25, 0.3) is 27.1 Å². The smallest absolute Gasteiger partial charge is 0.235 e. The molecular weight excluding hydrogens is 388 g/mol. The molecule has 4 rings (SSSR count). The van der Waals surface area contributed by atoms with Gasteiger partial charge in [0.25, 0.3) is 0 Å². The molecule has 0 atom stereocenters. The summed E-state index contributed by atoms with van der Waals surface area (Å²) in [6.07, 6.45) is 0.972. The molecule has 0 unspecified atom stereocenters. The molecule has 0 aliphatic carbocycles. The number of fused-ring (bicyclic) bond motifs is 1. The molecule has 4 aromatic rings. The molecule has 0 saturated carbocycles. The molecule has 0 saturated heterocycles. The van der Waals surface area contributed by atoms with Crippen molar-refractivity contribution in [3.63, 3.8) is 0 Å². The lowest BCUT2D eigenvalue weighted by molar-refractivity contribution is 0.633. The lowest BCUT2D eigenvalue weighted by Gasteiger charge is -1.99. The van der Waals surface area contributed by atoms with E-state index < -0.39 is 0 Å². The van der Waals surface area contributed by atoms with Gasteiger partial charge in [0.15, 0.2) is 10.8 Å². The predicted octanol–water partition coefficient (Wildman–Crippen LogP) is 4.20. The molecule has 0 fully saturated rings. The Bertz CT molecular complexity index is 999. The molecule has 6 nitrogen and oxygen atoms in total. The zero-order valence-electron chi connectivity index (χ0n) is 13.2. The SMILES string of the molecule is CC(C)Cc1cc(-c2nn3c(-c4ccccc4Br)nnc3s2)n[nH]1. The van der Waals surface area contributed by atoms with Crippen molar-refractivity contribution in [2.24, 2.45) is 5.92 Å². The molecule has 1 aromatic carbocycles. The van der Waals surface area contributed by atoms with Crippen LogP contribution in [0.3, 0.4) is 0 Å². The van der Waals surface area contributed by atoms with Gasteiger partial charge in [0.05, 0.1) is 0 Å². The van der Waals surface area contributed by atoms with Crippen LogP contribution in [-0.2, 0) is 6.42 Å². The van der Waals surface area contributed by atoms with E-state index in [0.29, 0.717) is 5.92 Å². The van der Waals surface area contributed by atoms with Crippen LogP contribution in [0, 0.1) is 5.92 Å². The van der Waals surface area contributed by atoms with Crippen molar-refractivity contribution >= 4 is 32.2 Å². The van der Waals surface area contributed by atoms with Gasteiger partial charge in [-0.2, -0.15) is 14.7 Å². The van der Waals surface area contributed by atoms with Gasteiger partial charge in [-0.1, -0.05) is 53.2 Å². The van der Waals surface area contributed by atoms with E-state index in [1.54, 1.807) is 4.52 Å². The van der Waals surface area contributed by atoms with Crippen molar-refractivity contribution < 1.29 is 0 Å². The van der Waals surface area contributed by atoms with Crippen LogP contribution in [0.4, 0.5) is 0 Å². The molecule has 8 heteroatoms. The van der Waals surface area contributed by atoms with Crippen molar-refractivity contribution in [3.05, 3.63) is 40.5 Å². The first-order valence-corrected chi connectivity index (χ1v) is 9.24. The fourth-order valence-electron chi connectivity index (χ4n) is 2.55. The largest absolute Gasteiger partial charge is 0.282 e. The summed E-state index contributed by atoms with van der Waals surface area (Å²) in [5.41, 5.74) is 2.93. The Morgan fingerprint density at radius 1 is 1.25 bits per heavy atom. The minimum atomic E-state index is 0.582. The Morgan fingerprint density at radius 2 is 2.08 bits per heavy atom. The summed E-state index contributed by atoms with van der Waals surface area (Å²) >= 11 is 5.04. The zero-order valence-corrected chi connectivity index (χ0v) is 15.6. The van der Waals surface area contributed by atoms with E-state index in [2.05, 4.69) is 61.3 Å². The molecule has 0 amide bonds. The molecule has 0 spiro atoms. The van der Waals surface area contributed by atoms with Crippen LogP contribution < -0.4 is 0 Å². The highest BCUT2D eigenvalue weighted by Crippen LogP contribution is 2.30. The quantitative estimate of drug-likeness (QED) is 0.554. The van der Waals surface area contributed by atoms with Crippen molar-refractivity contribution in [1.82, 2.24) is 30.0 Å². The van der Waals surface area contributed by atoms with E-state index >= 15 is 0 Å². The van der Waals surface area contributed by atoms with Crippen molar-refractivity contribution in [1.29, 1.82) is 0 Å². The van der Waals surface area contributed by atoms with Gasteiger partial charge in [-0.25, -0.2) is 0 Å². The molecule has 3 heterocycles. The van der Waals surface area contributed by atoms with E-state index in [1.165, 1.54) is 11.3 Å². The van der Waals surface area contributed by atoms with Gasteiger partial charge >= 0.3 is 0 Å². The van der Waals surface area contributed by atoms with Crippen LogP contribution in [0.2, 0.25) is 0 Å². The maximum Gasteiger partial charge on any atom is 0.235 e. The molecule has 0 radical (unpaired) electrons. The number of benzene rings is 1. The number of hydrogen-bond donors (Lipinski definition) is 1. The Labute approximate surface area is 151 Å². The van der Waals surface area contributed by atoms with Gasteiger partial charge < -0.3 is 0 Å². The number of nitrogens with zero attached hydrogens (tertiary/aromatic N) is 5. The molecular formula is C16H15BrN6S. The normalized spacial score (nSPS) is 11.7. The Morgan fingerprint density at radius 3 is 2.88 bits per heavy atom. The second-order valence-corrected chi connectivity index (χ2v) is 7.79. The third kappa shape index (κ3) is 2.76. The third-order valence-electron chi connectivity index (χ3n) is 3.58. The zero-order chi connectivity index (χ0) is 16.7. The van der Waals surface area contributed by atoms with Crippen molar-refractivity contribution in [3.8, 4) is 22.1 Å². The van der Waals surface area contributed by atoms with Crippen molar-refractivity contribution in [2.45, 2.75) is 20.3 Å². The lowest BCUT2D eigenvalue weighted by Crippen LogP contribution is -1.93. The standard InChI is InChI=1S/C16H15BrN6S/c1-9(2)7-10-8-13(19-18-10)15-22-23-14(20-21-16(23)24-15)11-5-3-4-6-12(11)17/h3-6,8-9H,7H2,1-2H3,(H,18,19). The first-order valence-electron chi connectivity index (χ1n) is 7.63. The van der Waals surface area contributed by atoms with E-state index in [1.807, 2.05) is 24.3 Å². The van der Waals surface area contributed by atoms with Crippen LogP contribution >= 0.6 is 27.3 Å². The number of rotatable bonds is 4. The average molecular weight is 403 g/mol. The minimum absolute atomic E-state index is 0.582. The number of halogens is 1. The maximum atomic E-state index is 4.66. The second kappa shape index (κ2) is 6.10. The molecule has 0 aliphatic rings. The Hall–Kier alpha value is -2.06. The Kier molecular flexibility index (Phi) is 3.93. The highest BCUT2D eigenvalue weighted by Gasteiger charge is 2.17. The molecule has 1 N–H and O–H groups in total. The topological polar surface area (TPSA) is 71.8 Å². The second-order valence-electron chi connectivity index (χ2n) is 5.98. The van der Waals surface area contributed by atoms with Crippen LogP contribution in [0.15, 0.2) is 34.8 Å². The van der Waals surface area contributed by atoms with E-state index in [4.69, 9.17) is 0 Å². The van der Waals surface area contributed by atoms with Gasteiger partial charge in [0.1, 0.15) is 5.69 Å². The van der Waals surface area contributed by atoms with E-state index in [0.717, 1.165) is 43.6 Å². The van der Waals surface area contributed by atoms with E-state index in [-0.39, 0.29) is 0 Å². The number of nitrogens with one attached hydrogen (secondary N) is 1. The summed E-state index contributed by atoms with van der Waals surface area (Å²) in [4.78, 5) is 0.754. The third-order valence-corrected chi connectivity index (χ3v) is 5.20. The average Bonchev–Trinajstić information content (AvgIpc) is 3.22. The summed E-state index contributed by atoms with van der Waals surface area (Å²) in [5.74, 6) is 1.30. The van der Waals surface area contributed by atoms with Gasteiger partial charge in [-0.15, -0.1) is 10.2 Å². The monoisotopic (exact) mass is 402 g/mol. The fraction of sp³-hybridized carbons (Fsp3) is 0.250. The number of aromatic amines is 1. The summed E-state index contributed by atoms with van der Waals surface area (Å²) < 4.78 is 2.74. The molecule has 24 heavy (non-hydrogen) atoms. The predicted molar refractivity (Wildman–Crippen MR) is 97.9 cm³/mol. The molecule has 122 valence electrons. The highest BCUT2D eigenvalue weighted by atomic mass is 79.9. The number of H-pyrrole nitrogens is 1. The van der Waals surface area contributed by atoms with Gasteiger partial charge in [0, 0.05) is 15.7 Å². The Balaban J connectivity index is 1.75. The summed E-state index contributed by atoms with van der Waals surface area (Å²) in [5, 5.41) is 21.5. The highest BCUT2D eigenvalue weighted by molar-refractivity contribution is 9.10. The molecule has 0 bridgehead atoms. The van der Waals surface area contributed by atoms with E-state index in [9.17, 15) is 0 Å². The van der Waals surface area contributed by atoms with Gasteiger partial charge in [-0.3, -0.25) is 5.10 Å². The van der Waals surface area contributed by atoms with Crippen LogP contribution in [0.1, 0.15) is 19.5 Å². The minimum Gasteiger partial charge on any atom is -0.282 e. The summed E-state index contributed by atoms with van der Waals surface area (Å²) in [6, 6.07) is 9.98. The fourth-order valence-corrected chi connectivity index (χ4v) is 3.81. The number of aromatic nitrogens is 6. The summed E-state index contributed by atoms with van der Waals surface area (Å²) in [6.45, 7) is 4.38. The van der Waals surface area contributed by atoms with Crippen LogP contribution in [0.5, 0.6) is 0 Å². The molecule has 0 aliphatic heterocycles. The maximum absolute atomic E-state index is 4.66. The molecule has 3 aromatic heterocycles. The number of hydrogen-bond acceptors (Lipinski definition) is 5. The lowest BCUT2D eigenvalue weighted by atomic mass is 10.1. The van der Waals surface area contributed by atoms with Gasteiger partial charge in [0.2, 0.25) is 4.96 Å². The first-order chi connectivity index (χ1) is 11.6. The first kappa shape index (κ1) is 15.5. The summed E-state index contributed by atoms with van der Waals surface area (Å²) in [7, 11) is 0. The van der Waals surface area contributed by atoms with Crippen molar-refractivity contribution in [2.75, 3.05) is 0 Å². The van der Waals surface area contributed by atoms with Gasteiger partial charge in [-0.05, 0) is 30.5 Å².